The van der Waals surface area contributed by atoms with Crippen LogP contribution in [0.25, 0.3) is 0 Å². The molecule has 0 spiro atoms. The molecule has 22 heavy (non-hydrogen) atoms. The van der Waals surface area contributed by atoms with E-state index in [1.165, 1.54) is 0 Å². The zero-order chi connectivity index (χ0) is 16.5. The molecule has 4 heteroatoms. The summed E-state index contributed by atoms with van der Waals surface area (Å²) in [4.78, 5) is 4.88. The third-order valence-electron chi connectivity index (χ3n) is 4.14. The van der Waals surface area contributed by atoms with Crippen molar-refractivity contribution in [1.82, 2.24) is 9.80 Å². The van der Waals surface area contributed by atoms with Gasteiger partial charge >= 0.3 is 0 Å². The molecule has 0 saturated carbocycles. The first-order chi connectivity index (χ1) is 10.8. The monoisotopic (exact) mass is 316 g/mol. The summed E-state index contributed by atoms with van der Waals surface area (Å²) < 4.78 is 11.3. The maximum absolute atomic E-state index is 5.67. The average Bonchev–Trinajstić information content (AvgIpc) is 2.55. The molecule has 0 amide bonds. The van der Waals surface area contributed by atoms with Crippen molar-refractivity contribution in [2.75, 3.05) is 65.7 Å². The molecule has 0 aliphatic heterocycles. The van der Waals surface area contributed by atoms with Gasteiger partial charge in [-0.05, 0) is 51.9 Å². The summed E-state index contributed by atoms with van der Waals surface area (Å²) in [6, 6.07) is 0. The number of nitrogens with zero attached hydrogens (tertiary/aromatic N) is 2. The molecule has 0 saturated heterocycles. The fraction of sp³-hybridized carbons (Fsp3) is 1.00. The van der Waals surface area contributed by atoms with E-state index in [4.69, 9.17) is 9.47 Å². The second kappa shape index (κ2) is 17.2. The van der Waals surface area contributed by atoms with Crippen LogP contribution in [0.15, 0.2) is 0 Å². The van der Waals surface area contributed by atoms with E-state index in [0.717, 1.165) is 91.4 Å². The Hall–Kier alpha value is -0.160. The molecule has 0 heterocycles. The number of ether oxygens (including phenoxy) is 2. The van der Waals surface area contributed by atoms with Gasteiger partial charge in [-0.25, -0.2) is 0 Å². The third kappa shape index (κ3) is 13.5. The summed E-state index contributed by atoms with van der Waals surface area (Å²) in [5.74, 6) is 0. The van der Waals surface area contributed by atoms with Crippen LogP contribution in [0, 0.1) is 0 Å². The highest BCUT2D eigenvalue weighted by Gasteiger charge is 1.99. The van der Waals surface area contributed by atoms with Crippen molar-refractivity contribution >= 4 is 0 Å². The molecule has 0 unspecified atom stereocenters. The summed E-state index contributed by atoms with van der Waals surface area (Å²) >= 11 is 0. The van der Waals surface area contributed by atoms with E-state index in [2.05, 4.69) is 37.5 Å². The third-order valence-corrected chi connectivity index (χ3v) is 4.14. The Balaban J connectivity index is 3.14. The molecular weight excluding hydrogens is 276 g/mol. The maximum atomic E-state index is 5.67. The molecular formula is C18H40N2O2. The van der Waals surface area contributed by atoms with Gasteiger partial charge in [-0.3, -0.25) is 0 Å². The lowest BCUT2D eigenvalue weighted by molar-refractivity contribution is 0.0936. The van der Waals surface area contributed by atoms with Crippen LogP contribution in [-0.4, -0.2) is 75.5 Å². The van der Waals surface area contributed by atoms with Gasteiger partial charge < -0.3 is 19.3 Å². The predicted molar refractivity (Wildman–Crippen MR) is 95.7 cm³/mol. The second-order valence-electron chi connectivity index (χ2n) is 5.69. The standard InChI is InChI=1S/C18H40N2O2/c1-5-19(6-2)13-11-17-21-15-9-10-16-22-18-12-14-20(7-3)8-4/h5-18H2,1-4H3. The Morgan fingerprint density at radius 2 is 0.818 bits per heavy atom. The molecule has 0 fully saturated rings. The zero-order valence-electron chi connectivity index (χ0n) is 15.6. The predicted octanol–water partition coefficient (Wildman–Crippen LogP) is 3.26. The van der Waals surface area contributed by atoms with Gasteiger partial charge in [-0.1, -0.05) is 27.7 Å². The number of rotatable bonds is 17. The van der Waals surface area contributed by atoms with E-state index in [1.807, 2.05) is 0 Å². The van der Waals surface area contributed by atoms with Gasteiger partial charge in [0, 0.05) is 39.5 Å². The fourth-order valence-corrected chi connectivity index (χ4v) is 2.47. The Morgan fingerprint density at radius 3 is 1.14 bits per heavy atom. The lowest BCUT2D eigenvalue weighted by Crippen LogP contribution is -2.25. The van der Waals surface area contributed by atoms with Crippen LogP contribution < -0.4 is 0 Å². The van der Waals surface area contributed by atoms with Crippen LogP contribution in [0.5, 0.6) is 0 Å². The summed E-state index contributed by atoms with van der Waals surface area (Å²) in [5.41, 5.74) is 0. The van der Waals surface area contributed by atoms with E-state index in [1.54, 1.807) is 0 Å². The van der Waals surface area contributed by atoms with Crippen molar-refractivity contribution < 1.29 is 9.47 Å². The van der Waals surface area contributed by atoms with Gasteiger partial charge in [-0.2, -0.15) is 0 Å². The topological polar surface area (TPSA) is 24.9 Å². The molecule has 0 bridgehead atoms. The molecule has 134 valence electrons. The minimum Gasteiger partial charge on any atom is -0.381 e. The SMILES string of the molecule is CCN(CC)CCCOCCCCOCCCN(CC)CC. The largest absolute Gasteiger partial charge is 0.381 e. The average molecular weight is 317 g/mol. The number of hydrogen-bond acceptors (Lipinski definition) is 4. The van der Waals surface area contributed by atoms with Crippen molar-refractivity contribution in [3.8, 4) is 0 Å². The van der Waals surface area contributed by atoms with Crippen molar-refractivity contribution in [1.29, 1.82) is 0 Å². The Bertz CT molecular complexity index is 185. The Morgan fingerprint density at radius 1 is 0.500 bits per heavy atom. The highest BCUT2D eigenvalue weighted by Crippen LogP contribution is 1.96. The van der Waals surface area contributed by atoms with Gasteiger partial charge in [0.25, 0.3) is 0 Å². The molecule has 4 nitrogen and oxygen atoms in total. The first kappa shape index (κ1) is 21.8. The smallest absolute Gasteiger partial charge is 0.0478 e. The summed E-state index contributed by atoms with van der Waals surface area (Å²) in [7, 11) is 0. The second-order valence-corrected chi connectivity index (χ2v) is 5.69. The van der Waals surface area contributed by atoms with Crippen LogP contribution in [0.3, 0.4) is 0 Å². The van der Waals surface area contributed by atoms with E-state index < -0.39 is 0 Å². The first-order valence-corrected chi connectivity index (χ1v) is 9.38. The molecule has 0 aromatic carbocycles. The van der Waals surface area contributed by atoms with Gasteiger partial charge in [0.15, 0.2) is 0 Å². The molecule has 0 aliphatic carbocycles. The quantitative estimate of drug-likeness (QED) is 0.385. The zero-order valence-corrected chi connectivity index (χ0v) is 15.6. The van der Waals surface area contributed by atoms with Crippen molar-refractivity contribution in [2.45, 2.75) is 53.4 Å². The fourth-order valence-electron chi connectivity index (χ4n) is 2.47. The molecule has 0 radical (unpaired) electrons. The number of hydrogen-bond donors (Lipinski definition) is 0. The van der Waals surface area contributed by atoms with Crippen LogP contribution in [0.4, 0.5) is 0 Å². The van der Waals surface area contributed by atoms with E-state index in [9.17, 15) is 0 Å². The van der Waals surface area contributed by atoms with Crippen molar-refractivity contribution in [3.05, 3.63) is 0 Å². The Labute approximate surface area is 139 Å². The van der Waals surface area contributed by atoms with E-state index >= 15 is 0 Å². The molecule has 0 aromatic rings. The maximum Gasteiger partial charge on any atom is 0.0478 e. The summed E-state index contributed by atoms with van der Waals surface area (Å²) in [6.07, 6.45) is 4.51. The van der Waals surface area contributed by atoms with Gasteiger partial charge in [0.1, 0.15) is 0 Å². The van der Waals surface area contributed by atoms with Crippen LogP contribution >= 0.6 is 0 Å². The molecule has 0 aromatic heterocycles. The van der Waals surface area contributed by atoms with Crippen LogP contribution in [0.1, 0.15) is 53.4 Å². The summed E-state index contributed by atoms with van der Waals surface area (Å²) in [6.45, 7) is 19.3. The highest BCUT2D eigenvalue weighted by molar-refractivity contribution is 4.52. The lowest BCUT2D eigenvalue weighted by atomic mass is 10.3. The van der Waals surface area contributed by atoms with Crippen molar-refractivity contribution in [3.63, 3.8) is 0 Å². The first-order valence-electron chi connectivity index (χ1n) is 9.38. The Kier molecular flexibility index (Phi) is 17.1. The van der Waals surface area contributed by atoms with Crippen molar-refractivity contribution in [2.24, 2.45) is 0 Å². The number of unbranched alkanes of at least 4 members (excludes halogenated alkanes) is 1. The highest BCUT2D eigenvalue weighted by atomic mass is 16.5. The van der Waals surface area contributed by atoms with E-state index in [-0.39, 0.29) is 0 Å². The molecule has 0 atom stereocenters. The van der Waals surface area contributed by atoms with E-state index in [0.29, 0.717) is 0 Å². The summed E-state index contributed by atoms with van der Waals surface area (Å²) in [5, 5.41) is 0. The lowest BCUT2D eigenvalue weighted by Gasteiger charge is -2.17. The normalized spacial score (nSPS) is 11.7. The van der Waals surface area contributed by atoms with Gasteiger partial charge in [0.2, 0.25) is 0 Å². The molecule has 0 rings (SSSR count). The minimum absolute atomic E-state index is 0.876. The van der Waals surface area contributed by atoms with Crippen LogP contribution in [0.2, 0.25) is 0 Å². The minimum atomic E-state index is 0.876. The van der Waals surface area contributed by atoms with Crippen LogP contribution in [-0.2, 0) is 9.47 Å². The molecule has 0 N–H and O–H groups in total. The molecule has 0 aliphatic rings. The van der Waals surface area contributed by atoms with Gasteiger partial charge in [-0.15, -0.1) is 0 Å². The van der Waals surface area contributed by atoms with Gasteiger partial charge in [0.05, 0.1) is 0 Å².